The Morgan fingerprint density at radius 1 is 0.929 bits per heavy atom. The van der Waals surface area contributed by atoms with Crippen LogP contribution in [0.15, 0.2) is 77.9 Å². The van der Waals surface area contributed by atoms with Crippen molar-refractivity contribution in [1.82, 2.24) is 9.99 Å². The van der Waals surface area contributed by atoms with Gasteiger partial charge in [-0.3, -0.25) is 4.79 Å². The molecule has 0 radical (unpaired) electrons. The molecule has 5 nitrogen and oxygen atoms in total. The van der Waals surface area contributed by atoms with Gasteiger partial charge in [0.15, 0.2) is 0 Å². The summed E-state index contributed by atoms with van der Waals surface area (Å²) in [6.45, 7) is 2.45. The molecule has 0 aliphatic carbocycles. The van der Waals surface area contributed by atoms with Gasteiger partial charge in [-0.05, 0) is 36.8 Å². The molecule has 0 aliphatic rings. The number of para-hydroxylation sites is 2. The molecule has 1 aromatic heterocycles. The first-order chi connectivity index (χ1) is 13.6. The predicted octanol–water partition coefficient (Wildman–Crippen LogP) is 4.31. The van der Waals surface area contributed by atoms with Crippen molar-refractivity contribution in [2.24, 2.45) is 5.10 Å². The maximum Gasteiger partial charge on any atom is 0.241 e. The highest BCUT2D eigenvalue weighted by Crippen LogP contribution is 2.28. The highest BCUT2D eigenvalue weighted by Gasteiger charge is 2.11. The lowest BCUT2D eigenvalue weighted by Gasteiger charge is -2.07. The Kier molecular flexibility index (Phi) is 4.81. The number of benzene rings is 3. The minimum atomic E-state index is -0.114. The molecular weight excluding hydrogens is 348 g/mol. The number of carbonyl (C=O) groups excluding carboxylic acids is 1. The second-order valence-corrected chi connectivity index (χ2v) is 6.79. The van der Waals surface area contributed by atoms with Gasteiger partial charge in [0.25, 0.3) is 0 Å². The van der Waals surface area contributed by atoms with Crippen LogP contribution in [0.2, 0.25) is 0 Å². The van der Waals surface area contributed by atoms with Crippen LogP contribution in [-0.4, -0.2) is 16.2 Å². The van der Waals surface area contributed by atoms with E-state index in [0.717, 1.165) is 22.3 Å². The van der Waals surface area contributed by atoms with Gasteiger partial charge in [-0.15, -0.1) is 0 Å². The zero-order valence-corrected chi connectivity index (χ0v) is 15.7. The minimum Gasteiger partial charge on any atom is -0.399 e. The lowest BCUT2D eigenvalue weighted by molar-refractivity contribution is -0.121. The smallest absolute Gasteiger partial charge is 0.241 e. The standard InChI is InChI=1S/C23H22N4O/c1-16(17-10-12-18(24)13-11-17)25-26-23(28)14-15-27-21-8-4-2-6-19(21)20-7-3-5-9-22(20)27/h2-13H,14-15,24H2,1H3,(H,26,28)/b25-16+. The second-order valence-electron chi connectivity index (χ2n) is 6.79. The van der Waals surface area contributed by atoms with Crippen LogP contribution in [0.3, 0.4) is 0 Å². The fraction of sp³-hybridized carbons (Fsp3) is 0.130. The Hall–Kier alpha value is -3.60. The van der Waals surface area contributed by atoms with Crippen LogP contribution in [0, 0.1) is 0 Å². The summed E-state index contributed by atoms with van der Waals surface area (Å²) in [5.74, 6) is -0.114. The Balaban J connectivity index is 1.49. The van der Waals surface area contributed by atoms with Gasteiger partial charge in [-0.1, -0.05) is 48.5 Å². The SMILES string of the molecule is C/C(=N\NC(=O)CCn1c2ccccc2c2ccccc21)c1ccc(N)cc1. The van der Waals surface area contributed by atoms with Crippen molar-refractivity contribution in [2.75, 3.05) is 5.73 Å². The lowest BCUT2D eigenvalue weighted by atomic mass is 10.1. The van der Waals surface area contributed by atoms with E-state index in [1.54, 1.807) is 0 Å². The van der Waals surface area contributed by atoms with Crippen molar-refractivity contribution in [3.05, 3.63) is 78.4 Å². The zero-order chi connectivity index (χ0) is 19.5. The Labute approximate surface area is 163 Å². The number of fused-ring (bicyclic) bond motifs is 3. The van der Waals surface area contributed by atoms with E-state index in [2.05, 4.69) is 39.4 Å². The summed E-state index contributed by atoms with van der Waals surface area (Å²) >= 11 is 0. The highest BCUT2D eigenvalue weighted by molar-refractivity contribution is 6.08. The van der Waals surface area contributed by atoms with Crippen LogP contribution >= 0.6 is 0 Å². The molecule has 3 aromatic carbocycles. The number of carbonyl (C=O) groups is 1. The number of hydrogen-bond acceptors (Lipinski definition) is 3. The summed E-state index contributed by atoms with van der Waals surface area (Å²) in [4.78, 5) is 12.3. The third-order valence-electron chi connectivity index (χ3n) is 4.92. The normalized spacial score (nSPS) is 11.8. The second kappa shape index (κ2) is 7.56. The summed E-state index contributed by atoms with van der Waals surface area (Å²) in [7, 11) is 0. The van der Waals surface area contributed by atoms with E-state index < -0.39 is 0 Å². The first-order valence-corrected chi connectivity index (χ1v) is 9.28. The van der Waals surface area contributed by atoms with E-state index in [9.17, 15) is 4.79 Å². The summed E-state index contributed by atoms with van der Waals surface area (Å²) in [6.07, 6.45) is 0.348. The average molecular weight is 370 g/mol. The minimum absolute atomic E-state index is 0.114. The molecule has 1 amide bonds. The molecule has 0 fully saturated rings. The fourth-order valence-corrected chi connectivity index (χ4v) is 3.45. The van der Waals surface area contributed by atoms with Gasteiger partial charge in [0.1, 0.15) is 0 Å². The molecule has 3 N–H and O–H groups in total. The number of nitrogens with two attached hydrogens (primary N) is 1. The quantitative estimate of drug-likeness (QED) is 0.312. The van der Waals surface area contributed by atoms with E-state index >= 15 is 0 Å². The van der Waals surface area contributed by atoms with Crippen molar-refractivity contribution in [3.63, 3.8) is 0 Å². The molecule has 28 heavy (non-hydrogen) atoms. The van der Waals surface area contributed by atoms with Gasteiger partial charge in [0, 0.05) is 40.5 Å². The highest BCUT2D eigenvalue weighted by atomic mass is 16.2. The van der Waals surface area contributed by atoms with Crippen molar-refractivity contribution < 1.29 is 4.79 Å². The number of anilines is 1. The summed E-state index contributed by atoms with van der Waals surface area (Å²) in [5, 5.41) is 6.62. The Morgan fingerprint density at radius 3 is 2.11 bits per heavy atom. The van der Waals surface area contributed by atoms with Crippen LogP contribution in [0.5, 0.6) is 0 Å². The van der Waals surface area contributed by atoms with Crippen LogP contribution < -0.4 is 11.2 Å². The molecule has 4 rings (SSSR count). The van der Waals surface area contributed by atoms with Crippen LogP contribution in [0.25, 0.3) is 21.8 Å². The van der Waals surface area contributed by atoms with Crippen molar-refractivity contribution in [3.8, 4) is 0 Å². The van der Waals surface area contributed by atoms with Crippen molar-refractivity contribution in [2.45, 2.75) is 19.9 Å². The van der Waals surface area contributed by atoms with Crippen molar-refractivity contribution in [1.29, 1.82) is 0 Å². The number of nitrogens with zero attached hydrogens (tertiary/aromatic N) is 2. The van der Waals surface area contributed by atoms with Crippen LogP contribution in [0.4, 0.5) is 5.69 Å². The van der Waals surface area contributed by atoms with E-state index in [1.165, 1.54) is 10.8 Å². The van der Waals surface area contributed by atoms with Gasteiger partial charge in [-0.2, -0.15) is 5.10 Å². The van der Waals surface area contributed by atoms with Gasteiger partial charge in [0.2, 0.25) is 5.91 Å². The number of nitrogen functional groups attached to an aromatic ring is 1. The van der Waals surface area contributed by atoms with E-state index in [-0.39, 0.29) is 5.91 Å². The fourth-order valence-electron chi connectivity index (χ4n) is 3.45. The molecule has 0 spiro atoms. The number of hydrogen-bond donors (Lipinski definition) is 2. The summed E-state index contributed by atoms with van der Waals surface area (Å²) in [5.41, 5.74) is 13.0. The third-order valence-corrected chi connectivity index (χ3v) is 4.92. The maximum absolute atomic E-state index is 12.3. The molecule has 0 unspecified atom stereocenters. The molecular formula is C23H22N4O. The molecule has 0 saturated heterocycles. The lowest BCUT2D eigenvalue weighted by Crippen LogP contribution is -2.20. The number of nitrogens with one attached hydrogen (secondary N) is 1. The van der Waals surface area contributed by atoms with Gasteiger partial charge in [0.05, 0.1) is 5.71 Å². The first-order valence-electron chi connectivity index (χ1n) is 9.28. The first kappa shape index (κ1) is 17.8. The summed E-state index contributed by atoms with van der Waals surface area (Å²) in [6, 6.07) is 24.0. The third kappa shape index (κ3) is 3.47. The average Bonchev–Trinajstić information content (AvgIpc) is 3.05. The topological polar surface area (TPSA) is 72.4 Å². The molecule has 0 bridgehead atoms. The number of aromatic nitrogens is 1. The number of amides is 1. The van der Waals surface area contributed by atoms with Crippen LogP contribution in [-0.2, 0) is 11.3 Å². The number of aryl methyl sites for hydroxylation is 1. The monoisotopic (exact) mass is 370 g/mol. The zero-order valence-electron chi connectivity index (χ0n) is 15.7. The molecule has 1 heterocycles. The van der Waals surface area contributed by atoms with Crippen molar-refractivity contribution >= 4 is 39.1 Å². The maximum atomic E-state index is 12.3. The van der Waals surface area contributed by atoms with E-state index in [4.69, 9.17) is 5.73 Å². The molecule has 5 heteroatoms. The molecule has 0 aliphatic heterocycles. The van der Waals surface area contributed by atoms with Gasteiger partial charge < -0.3 is 10.3 Å². The Bertz CT molecular complexity index is 1120. The number of rotatable bonds is 5. The van der Waals surface area contributed by atoms with E-state index in [0.29, 0.717) is 18.7 Å². The van der Waals surface area contributed by atoms with Gasteiger partial charge >= 0.3 is 0 Å². The van der Waals surface area contributed by atoms with Crippen LogP contribution in [0.1, 0.15) is 18.9 Å². The molecule has 0 saturated carbocycles. The molecule has 4 aromatic rings. The predicted molar refractivity (Wildman–Crippen MR) is 115 cm³/mol. The summed E-state index contributed by atoms with van der Waals surface area (Å²) < 4.78 is 2.20. The largest absolute Gasteiger partial charge is 0.399 e. The molecule has 140 valence electrons. The van der Waals surface area contributed by atoms with Gasteiger partial charge in [-0.25, -0.2) is 5.43 Å². The Morgan fingerprint density at radius 2 is 1.50 bits per heavy atom. The van der Waals surface area contributed by atoms with E-state index in [1.807, 2.05) is 55.5 Å². The molecule has 0 atom stereocenters. The number of hydrazone groups is 1.